The van der Waals surface area contributed by atoms with Crippen molar-refractivity contribution >= 4 is 5.91 Å². The van der Waals surface area contributed by atoms with Gasteiger partial charge >= 0.3 is 6.18 Å². The number of hydrogen-bond donors (Lipinski definition) is 2. The van der Waals surface area contributed by atoms with Gasteiger partial charge in [0.25, 0.3) is 0 Å². The number of aromatic nitrogens is 1. The molecular weight excluding hydrogens is 321 g/mol. The number of nitrogens with zero attached hydrogens (tertiary/aromatic N) is 2. The van der Waals surface area contributed by atoms with Gasteiger partial charge in [-0.3, -0.25) is 9.78 Å². The molecule has 128 valence electrons. The van der Waals surface area contributed by atoms with E-state index in [2.05, 4.69) is 29.5 Å². The summed E-state index contributed by atoms with van der Waals surface area (Å²) in [5, 5.41) is 14.9. The molecule has 1 aliphatic heterocycles. The second-order valence-corrected chi connectivity index (χ2v) is 6.91. The molecule has 0 bridgehead atoms. The van der Waals surface area contributed by atoms with Gasteiger partial charge in [-0.2, -0.15) is 18.4 Å². The Kier molecular flexibility index (Phi) is 3.79. The van der Waals surface area contributed by atoms with Crippen molar-refractivity contribution in [2.24, 2.45) is 17.3 Å². The van der Waals surface area contributed by atoms with Crippen LogP contribution in [0, 0.1) is 28.6 Å². The molecule has 2 aliphatic rings. The molecule has 24 heavy (non-hydrogen) atoms. The second kappa shape index (κ2) is 5.45. The van der Waals surface area contributed by atoms with Crippen LogP contribution in [0.15, 0.2) is 18.5 Å². The van der Waals surface area contributed by atoms with E-state index in [0.29, 0.717) is 12.1 Å². The highest BCUT2D eigenvalue weighted by molar-refractivity contribution is 5.84. The average molecular weight is 338 g/mol. The van der Waals surface area contributed by atoms with Gasteiger partial charge in [0.05, 0.1) is 17.7 Å². The van der Waals surface area contributed by atoms with Crippen LogP contribution in [-0.2, 0) is 11.0 Å². The molecule has 3 rings (SSSR count). The number of carbonyl (C=O) groups excluding carboxylic acids is 1. The van der Waals surface area contributed by atoms with E-state index in [1.807, 2.05) is 6.07 Å². The van der Waals surface area contributed by atoms with Crippen LogP contribution in [0.5, 0.6) is 0 Å². The maximum Gasteiger partial charge on any atom is 0.417 e. The van der Waals surface area contributed by atoms with Gasteiger partial charge in [-0.25, -0.2) is 0 Å². The van der Waals surface area contributed by atoms with Crippen molar-refractivity contribution in [3.05, 3.63) is 29.6 Å². The molecule has 0 aromatic carbocycles. The Bertz CT molecular complexity index is 710. The van der Waals surface area contributed by atoms with Gasteiger partial charge in [-0.05, 0) is 29.9 Å². The summed E-state index contributed by atoms with van der Waals surface area (Å²) in [4.78, 5) is 16.0. The molecule has 2 heterocycles. The molecule has 1 aromatic rings. The lowest BCUT2D eigenvalue weighted by Crippen LogP contribution is -2.45. The number of rotatable bonds is 3. The number of pyridine rings is 1. The Balaban J connectivity index is 1.74. The summed E-state index contributed by atoms with van der Waals surface area (Å²) in [6.07, 6.45) is -2.70. The molecule has 1 aromatic heterocycles. The third-order valence-corrected chi connectivity index (χ3v) is 5.17. The number of halogens is 3. The van der Waals surface area contributed by atoms with Crippen molar-refractivity contribution in [2.75, 3.05) is 6.54 Å². The van der Waals surface area contributed by atoms with Crippen LogP contribution < -0.4 is 10.6 Å². The first-order chi connectivity index (χ1) is 11.2. The van der Waals surface area contributed by atoms with Gasteiger partial charge in [0, 0.05) is 18.0 Å². The van der Waals surface area contributed by atoms with Crippen LogP contribution in [0.2, 0.25) is 0 Å². The maximum atomic E-state index is 12.8. The summed E-state index contributed by atoms with van der Waals surface area (Å²) in [7, 11) is 0. The van der Waals surface area contributed by atoms with Crippen molar-refractivity contribution in [3.8, 4) is 6.07 Å². The van der Waals surface area contributed by atoms with E-state index in [1.165, 1.54) is 0 Å². The Morgan fingerprint density at radius 1 is 1.50 bits per heavy atom. The molecule has 5 nitrogen and oxygen atoms in total. The van der Waals surface area contributed by atoms with Gasteiger partial charge in [0.15, 0.2) is 0 Å². The monoisotopic (exact) mass is 338 g/mol. The van der Waals surface area contributed by atoms with E-state index in [-0.39, 0.29) is 22.8 Å². The molecule has 1 amide bonds. The number of nitriles is 1. The number of amides is 1. The number of piperidine rings is 1. The predicted molar refractivity (Wildman–Crippen MR) is 78.3 cm³/mol. The second-order valence-electron chi connectivity index (χ2n) is 6.91. The van der Waals surface area contributed by atoms with Crippen molar-refractivity contribution in [2.45, 2.75) is 32.1 Å². The first kappa shape index (κ1) is 16.7. The predicted octanol–water partition coefficient (Wildman–Crippen LogP) is 2.03. The van der Waals surface area contributed by atoms with Gasteiger partial charge in [0.1, 0.15) is 6.04 Å². The zero-order valence-corrected chi connectivity index (χ0v) is 13.2. The standard InChI is InChI=1S/C16H17F3N4O/c1-15(2)10-7-22-13(12(10)15)14(24)23-11(4-20)8-3-9(6-21-5-8)16(17,18)19/h3,5-6,10-13,22H,7H2,1-2H3,(H,23,24). The largest absolute Gasteiger partial charge is 0.417 e. The molecule has 1 saturated carbocycles. The minimum absolute atomic E-state index is 0.0188. The maximum absolute atomic E-state index is 12.8. The normalized spacial score (nSPS) is 28.6. The molecule has 0 radical (unpaired) electrons. The molecule has 8 heteroatoms. The van der Waals surface area contributed by atoms with E-state index >= 15 is 0 Å². The van der Waals surface area contributed by atoms with Crippen molar-refractivity contribution in [1.29, 1.82) is 5.26 Å². The lowest BCUT2D eigenvalue weighted by Gasteiger charge is -2.20. The molecule has 1 saturated heterocycles. The number of carbonyl (C=O) groups is 1. The fourth-order valence-corrected chi connectivity index (χ4v) is 3.67. The van der Waals surface area contributed by atoms with E-state index in [1.54, 1.807) is 0 Å². The summed E-state index contributed by atoms with van der Waals surface area (Å²) in [6.45, 7) is 4.90. The first-order valence-electron chi connectivity index (χ1n) is 7.61. The molecule has 4 atom stereocenters. The van der Waals surface area contributed by atoms with E-state index in [0.717, 1.165) is 18.8 Å². The lowest BCUT2D eigenvalue weighted by atomic mass is 10.0. The van der Waals surface area contributed by atoms with Gasteiger partial charge in [-0.15, -0.1) is 0 Å². The fourth-order valence-electron chi connectivity index (χ4n) is 3.67. The van der Waals surface area contributed by atoms with E-state index in [9.17, 15) is 23.2 Å². The molecule has 1 aliphatic carbocycles. The van der Waals surface area contributed by atoms with Crippen molar-refractivity contribution < 1.29 is 18.0 Å². The third kappa shape index (κ3) is 2.73. The summed E-state index contributed by atoms with van der Waals surface area (Å²) in [5.41, 5.74) is -0.852. The molecule has 4 unspecified atom stereocenters. The summed E-state index contributed by atoms with van der Waals surface area (Å²) in [5.74, 6) is 0.248. The molecule has 0 spiro atoms. The smallest absolute Gasteiger partial charge is 0.335 e. The Labute approximate surface area is 137 Å². The van der Waals surface area contributed by atoms with Crippen molar-refractivity contribution in [3.63, 3.8) is 0 Å². The Morgan fingerprint density at radius 3 is 2.75 bits per heavy atom. The minimum Gasteiger partial charge on any atom is -0.335 e. The van der Waals surface area contributed by atoms with Gasteiger partial charge < -0.3 is 10.6 Å². The van der Waals surface area contributed by atoms with Gasteiger partial charge in [0.2, 0.25) is 5.91 Å². The van der Waals surface area contributed by atoms with Crippen LogP contribution in [0.4, 0.5) is 13.2 Å². The summed E-state index contributed by atoms with van der Waals surface area (Å²) < 4.78 is 38.3. The highest BCUT2D eigenvalue weighted by Gasteiger charge is 2.65. The van der Waals surface area contributed by atoms with Gasteiger partial charge in [-0.1, -0.05) is 13.8 Å². The number of alkyl halides is 3. The fraction of sp³-hybridized carbons (Fsp3) is 0.562. The first-order valence-corrected chi connectivity index (χ1v) is 7.61. The van der Waals surface area contributed by atoms with Crippen LogP contribution in [0.3, 0.4) is 0 Å². The van der Waals surface area contributed by atoms with Crippen LogP contribution >= 0.6 is 0 Å². The molecule has 2 fully saturated rings. The Morgan fingerprint density at radius 2 is 2.21 bits per heavy atom. The highest BCUT2D eigenvalue weighted by atomic mass is 19.4. The van der Waals surface area contributed by atoms with Crippen LogP contribution in [-0.4, -0.2) is 23.5 Å². The molecular formula is C16H17F3N4O. The zero-order valence-electron chi connectivity index (χ0n) is 13.2. The third-order valence-electron chi connectivity index (χ3n) is 5.17. The van der Waals surface area contributed by atoms with E-state index in [4.69, 9.17) is 0 Å². The summed E-state index contributed by atoms with van der Waals surface area (Å²) in [6, 6.07) is 1.09. The quantitative estimate of drug-likeness (QED) is 0.884. The zero-order chi connectivity index (χ0) is 17.7. The molecule has 2 N–H and O–H groups in total. The lowest BCUT2D eigenvalue weighted by molar-refractivity contribution is -0.137. The number of fused-ring (bicyclic) bond motifs is 1. The summed E-state index contributed by atoms with van der Waals surface area (Å²) >= 11 is 0. The van der Waals surface area contributed by atoms with Crippen molar-refractivity contribution in [1.82, 2.24) is 15.6 Å². The van der Waals surface area contributed by atoms with E-state index < -0.39 is 23.8 Å². The number of hydrogen-bond acceptors (Lipinski definition) is 4. The average Bonchev–Trinajstić information content (AvgIpc) is 2.90. The van der Waals surface area contributed by atoms with Crippen LogP contribution in [0.25, 0.3) is 0 Å². The topological polar surface area (TPSA) is 77.8 Å². The minimum atomic E-state index is -4.55. The number of nitrogens with one attached hydrogen (secondary N) is 2. The van der Waals surface area contributed by atoms with Crippen LogP contribution in [0.1, 0.15) is 31.0 Å². The SMILES string of the molecule is CC1(C)C2CNC(C(=O)NC(C#N)c3cncc(C(F)(F)F)c3)C21. The Hall–Kier alpha value is -2.14. The highest BCUT2D eigenvalue weighted by Crippen LogP contribution is 2.62.